The highest BCUT2D eigenvalue weighted by Crippen LogP contribution is 2.38. The number of hydrogen-bond donors (Lipinski definition) is 0. The van der Waals surface area contributed by atoms with Gasteiger partial charge in [-0.05, 0) is 30.7 Å². The van der Waals surface area contributed by atoms with Crippen molar-refractivity contribution < 1.29 is 23.9 Å². The van der Waals surface area contributed by atoms with Gasteiger partial charge < -0.3 is 14.4 Å². The van der Waals surface area contributed by atoms with Crippen molar-refractivity contribution in [2.24, 2.45) is 5.92 Å². The van der Waals surface area contributed by atoms with Crippen molar-refractivity contribution in [3.05, 3.63) is 64.7 Å². The van der Waals surface area contributed by atoms with Gasteiger partial charge in [0, 0.05) is 19.2 Å². The predicted octanol–water partition coefficient (Wildman–Crippen LogP) is 3.34. The Kier molecular flexibility index (Phi) is 6.67. The van der Waals surface area contributed by atoms with E-state index in [-0.39, 0.29) is 23.7 Å². The second kappa shape index (κ2) is 9.20. The van der Waals surface area contributed by atoms with Gasteiger partial charge in [-0.2, -0.15) is 0 Å². The van der Waals surface area contributed by atoms with Gasteiger partial charge in [0.15, 0.2) is 5.78 Å². The van der Waals surface area contributed by atoms with Crippen LogP contribution in [-0.4, -0.2) is 49.2 Å². The molecule has 0 spiro atoms. The fourth-order valence-corrected chi connectivity index (χ4v) is 3.78. The van der Waals surface area contributed by atoms with Crippen LogP contribution in [0.5, 0.6) is 5.75 Å². The number of nitrogens with zero attached hydrogens (tertiary/aromatic N) is 1. The highest BCUT2D eigenvalue weighted by Gasteiger charge is 2.51. The van der Waals surface area contributed by atoms with Crippen LogP contribution in [0, 0.1) is 5.92 Å². The highest BCUT2D eigenvalue weighted by molar-refractivity contribution is 6.44. The molecular formula is C22H22ClNO5. The number of ketones is 2. The average Bonchev–Trinajstić information content (AvgIpc) is 2.98. The predicted molar refractivity (Wildman–Crippen MR) is 108 cm³/mol. The van der Waals surface area contributed by atoms with Gasteiger partial charge in [0.2, 0.25) is 5.78 Å². The van der Waals surface area contributed by atoms with Gasteiger partial charge in [-0.25, -0.2) is 0 Å². The zero-order valence-corrected chi connectivity index (χ0v) is 17.0. The first-order valence-electron chi connectivity index (χ1n) is 9.34. The van der Waals surface area contributed by atoms with E-state index in [4.69, 9.17) is 21.1 Å². The van der Waals surface area contributed by atoms with E-state index in [0.29, 0.717) is 12.4 Å². The molecule has 7 heteroatoms. The number of rotatable bonds is 8. The molecule has 0 saturated carbocycles. The molecular weight excluding hydrogens is 394 g/mol. The lowest BCUT2D eigenvalue weighted by Gasteiger charge is -2.27. The van der Waals surface area contributed by atoms with E-state index in [0.717, 1.165) is 5.56 Å². The van der Waals surface area contributed by atoms with E-state index in [1.54, 1.807) is 12.1 Å². The monoisotopic (exact) mass is 415 g/mol. The van der Waals surface area contributed by atoms with Crippen LogP contribution in [0.25, 0.3) is 0 Å². The minimum atomic E-state index is -1.14. The van der Waals surface area contributed by atoms with Gasteiger partial charge in [-0.1, -0.05) is 41.9 Å². The van der Waals surface area contributed by atoms with Crippen LogP contribution < -0.4 is 4.74 Å². The van der Waals surface area contributed by atoms with Gasteiger partial charge in [0.25, 0.3) is 5.91 Å². The van der Waals surface area contributed by atoms with E-state index >= 15 is 0 Å². The fourth-order valence-electron chi connectivity index (χ4n) is 3.55. The molecule has 2 aromatic carbocycles. The highest BCUT2D eigenvalue weighted by atomic mass is 35.5. The topological polar surface area (TPSA) is 72.9 Å². The molecule has 0 N–H and O–H groups in total. The molecule has 0 aliphatic carbocycles. The molecule has 29 heavy (non-hydrogen) atoms. The number of Topliss-reactive ketones (excluding diaryl/α,β-unsaturated/α-hetero) is 2. The normalized spacial score (nSPS) is 18.9. The first kappa shape index (κ1) is 21.0. The van der Waals surface area contributed by atoms with Crippen LogP contribution in [0.3, 0.4) is 0 Å². The SMILES string of the molecule is CCOc1ccc(C(=O)C2C(=O)C(=O)N(CCOC)C2c2ccccc2)cc1Cl. The van der Waals surface area contributed by atoms with Crippen molar-refractivity contribution in [3.63, 3.8) is 0 Å². The summed E-state index contributed by atoms with van der Waals surface area (Å²) >= 11 is 6.22. The molecule has 0 bridgehead atoms. The summed E-state index contributed by atoms with van der Waals surface area (Å²) in [6.45, 7) is 2.75. The standard InChI is InChI=1S/C22H22ClNO5/c1-3-29-17-10-9-15(13-16(17)23)20(25)18-19(14-7-5-4-6-8-14)24(11-12-28-2)22(27)21(18)26/h4-10,13,18-19H,3,11-12H2,1-2H3. The summed E-state index contributed by atoms with van der Waals surface area (Å²) in [4.78, 5) is 40.2. The molecule has 6 nitrogen and oxygen atoms in total. The minimum absolute atomic E-state index is 0.217. The number of likely N-dealkylation sites (tertiary alicyclic amines) is 1. The second-order valence-corrected chi connectivity index (χ2v) is 7.04. The Hall–Kier alpha value is -2.70. The summed E-state index contributed by atoms with van der Waals surface area (Å²) in [7, 11) is 1.52. The molecule has 1 heterocycles. The molecule has 2 aromatic rings. The Labute approximate surface area is 174 Å². The molecule has 1 saturated heterocycles. The van der Waals surface area contributed by atoms with E-state index in [1.165, 1.54) is 18.1 Å². The van der Waals surface area contributed by atoms with Crippen molar-refractivity contribution in [2.75, 3.05) is 26.9 Å². The average molecular weight is 416 g/mol. The lowest BCUT2D eigenvalue weighted by molar-refractivity contribution is -0.141. The third-order valence-electron chi connectivity index (χ3n) is 4.88. The Morgan fingerprint density at radius 1 is 1.14 bits per heavy atom. The summed E-state index contributed by atoms with van der Waals surface area (Å²) in [6, 6.07) is 13.0. The first-order valence-corrected chi connectivity index (χ1v) is 9.72. The zero-order valence-electron chi connectivity index (χ0n) is 16.3. The number of carbonyl (C=O) groups excluding carboxylic acids is 3. The maximum Gasteiger partial charge on any atom is 0.291 e. The number of methoxy groups -OCH3 is 1. The van der Waals surface area contributed by atoms with Crippen molar-refractivity contribution >= 4 is 29.1 Å². The summed E-state index contributed by atoms with van der Waals surface area (Å²) in [5.74, 6) is -2.52. The maximum absolute atomic E-state index is 13.3. The van der Waals surface area contributed by atoms with Gasteiger partial charge in [-0.3, -0.25) is 14.4 Å². The third kappa shape index (κ3) is 4.18. The number of benzene rings is 2. The second-order valence-electron chi connectivity index (χ2n) is 6.63. The lowest BCUT2D eigenvalue weighted by atomic mass is 9.86. The van der Waals surface area contributed by atoms with Crippen LogP contribution in [0.4, 0.5) is 0 Å². The molecule has 0 radical (unpaired) electrons. The van der Waals surface area contributed by atoms with E-state index in [1.807, 2.05) is 37.3 Å². The van der Waals surface area contributed by atoms with Gasteiger partial charge in [0.05, 0.1) is 24.3 Å². The Bertz CT molecular complexity index is 915. The summed E-state index contributed by atoms with van der Waals surface area (Å²) in [5.41, 5.74) is 0.984. The van der Waals surface area contributed by atoms with Crippen LogP contribution >= 0.6 is 11.6 Å². The molecule has 2 atom stereocenters. The minimum Gasteiger partial charge on any atom is -0.492 e. The summed E-state index contributed by atoms with van der Waals surface area (Å²) in [5, 5.41) is 0.280. The van der Waals surface area contributed by atoms with Crippen molar-refractivity contribution in [1.29, 1.82) is 0 Å². The Morgan fingerprint density at radius 2 is 1.86 bits per heavy atom. The Morgan fingerprint density at radius 3 is 2.48 bits per heavy atom. The number of ether oxygens (including phenoxy) is 2. The number of carbonyl (C=O) groups is 3. The zero-order chi connectivity index (χ0) is 21.0. The molecule has 1 fully saturated rings. The van der Waals surface area contributed by atoms with E-state index in [9.17, 15) is 14.4 Å². The van der Waals surface area contributed by atoms with E-state index < -0.39 is 29.4 Å². The molecule has 1 aliphatic heterocycles. The molecule has 152 valence electrons. The quantitative estimate of drug-likeness (QED) is 0.375. The van der Waals surface area contributed by atoms with Crippen molar-refractivity contribution in [3.8, 4) is 5.75 Å². The number of hydrogen-bond acceptors (Lipinski definition) is 5. The maximum atomic E-state index is 13.3. The van der Waals surface area contributed by atoms with E-state index in [2.05, 4.69) is 0 Å². The van der Waals surface area contributed by atoms with Crippen LogP contribution in [0.2, 0.25) is 5.02 Å². The van der Waals surface area contributed by atoms with Crippen LogP contribution in [-0.2, 0) is 14.3 Å². The smallest absolute Gasteiger partial charge is 0.291 e. The third-order valence-corrected chi connectivity index (χ3v) is 5.18. The number of halogens is 1. The molecule has 3 rings (SSSR count). The van der Waals surface area contributed by atoms with Crippen LogP contribution in [0.1, 0.15) is 28.9 Å². The molecule has 0 aromatic heterocycles. The Balaban J connectivity index is 2.00. The first-order chi connectivity index (χ1) is 14.0. The molecule has 1 amide bonds. The van der Waals surface area contributed by atoms with Gasteiger partial charge in [0.1, 0.15) is 11.7 Å². The summed E-state index contributed by atoms with van der Waals surface area (Å²) < 4.78 is 10.5. The van der Waals surface area contributed by atoms with Crippen molar-refractivity contribution in [2.45, 2.75) is 13.0 Å². The van der Waals surface area contributed by atoms with Gasteiger partial charge >= 0.3 is 0 Å². The molecule has 2 unspecified atom stereocenters. The fraction of sp³-hybridized carbons (Fsp3) is 0.318. The molecule has 1 aliphatic rings. The number of amides is 1. The lowest BCUT2D eigenvalue weighted by Crippen LogP contribution is -2.33. The summed E-state index contributed by atoms with van der Waals surface area (Å²) in [6.07, 6.45) is 0. The van der Waals surface area contributed by atoms with Gasteiger partial charge in [-0.15, -0.1) is 0 Å². The van der Waals surface area contributed by atoms with Crippen molar-refractivity contribution in [1.82, 2.24) is 4.90 Å². The largest absolute Gasteiger partial charge is 0.492 e. The van der Waals surface area contributed by atoms with Crippen LogP contribution in [0.15, 0.2) is 48.5 Å².